The first kappa shape index (κ1) is 14.6. The predicted octanol–water partition coefficient (Wildman–Crippen LogP) is 4.25. The topological polar surface area (TPSA) is 29.1 Å². The van der Waals surface area contributed by atoms with Gasteiger partial charge in [-0.2, -0.15) is 0 Å². The highest BCUT2D eigenvalue weighted by molar-refractivity contribution is 8.00. The Morgan fingerprint density at radius 3 is 2.18 bits per heavy atom. The number of rotatable bonds is 4. The fraction of sp³-hybridized carbons (Fsp3) is 0.632. The molecule has 0 spiro atoms. The van der Waals surface area contributed by atoms with E-state index < -0.39 is 0 Å². The van der Waals surface area contributed by atoms with E-state index in [1.807, 2.05) is 25.1 Å². The summed E-state index contributed by atoms with van der Waals surface area (Å²) in [7, 11) is 0. The van der Waals surface area contributed by atoms with E-state index in [-0.39, 0.29) is 16.7 Å². The van der Waals surface area contributed by atoms with Crippen LogP contribution < -0.4 is 5.32 Å². The van der Waals surface area contributed by atoms with E-state index in [2.05, 4.69) is 17.4 Å². The summed E-state index contributed by atoms with van der Waals surface area (Å²) < 4.78 is 0. The summed E-state index contributed by atoms with van der Waals surface area (Å²) in [6.07, 6.45) is 7.95. The van der Waals surface area contributed by atoms with Crippen LogP contribution in [0.1, 0.15) is 45.4 Å². The van der Waals surface area contributed by atoms with Gasteiger partial charge in [0, 0.05) is 10.4 Å². The minimum absolute atomic E-state index is 0.0181. The van der Waals surface area contributed by atoms with Gasteiger partial charge in [-0.25, -0.2) is 0 Å². The minimum Gasteiger partial charge on any atom is -0.350 e. The number of hydrogen-bond donors (Lipinski definition) is 1. The number of amides is 1. The highest BCUT2D eigenvalue weighted by atomic mass is 32.2. The Kier molecular flexibility index (Phi) is 3.72. The standard InChI is InChI=1S/C19H25NOS/c1-13(22-17-5-3-2-4-6-17)18(21)20-19-10-14-7-15(11-19)9-16(8-14)12-19/h2-6,13-16H,7-12H2,1H3,(H,20,21). The molecule has 4 aliphatic rings. The average molecular weight is 315 g/mol. The maximum absolute atomic E-state index is 12.7. The molecule has 5 rings (SSSR count). The van der Waals surface area contributed by atoms with Gasteiger partial charge in [0.1, 0.15) is 0 Å². The molecule has 1 atom stereocenters. The third kappa shape index (κ3) is 2.80. The van der Waals surface area contributed by atoms with E-state index in [1.165, 1.54) is 43.4 Å². The van der Waals surface area contributed by atoms with E-state index >= 15 is 0 Å². The third-order valence-electron chi connectivity index (χ3n) is 5.85. The lowest BCUT2D eigenvalue weighted by Crippen LogP contribution is -2.60. The van der Waals surface area contributed by atoms with Gasteiger partial charge in [0.05, 0.1) is 5.25 Å². The van der Waals surface area contributed by atoms with E-state index in [4.69, 9.17) is 0 Å². The highest BCUT2D eigenvalue weighted by Crippen LogP contribution is 2.55. The molecule has 1 aromatic carbocycles. The SMILES string of the molecule is CC(Sc1ccccc1)C(=O)NC12CC3CC(CC(C3)C1)C2. The van der Waals surface area contributed by atoms with Gasteiger partial charge in [-0.15, -0.1) is 11.8 Å². The summed E-state index contributed by atoms with van der Waals surface area (Å²) >= 11 is 1.67. The molecule has 0 heterocycles. The zero-order valence-corrected chi connectivity index (χ0v) is 14.1. The number of nitrogens with one attached hydrogen (secondary N) is 1. The maximum atomic E-state index is 12.7. The molecule has 0 aromatic heterocycles. The van der Waals surface area contributed by atoms with Crippen LogP contribution in [0.2, 0.25) is 0 Å². The molecule has 4 fully saturated rings. The van der Waals surface area contributed by atoms with Crippen LogP contribution in [0, 0.1) is 17.8 Å². The molecule has 2 nitrogen and oxygen atoms in total. The fourth-order valence-corrected chi connectivity index (χ4v) is 6.27. The van der Waals surface area contributed by atoms with E-state index in [9.17, 15) is 4.79 Å². The molecule has 1 N–H and O–H groups in total. The molecular weight excluding hydrogens is 290 g/mol. The van der Waals surface area contributed by atoms with Crippen molar-refractivity contribution in [2.45, 2.75) is 61.1 Å². The van der Waals surface area contributed by atoms with Crippen molar-refractivity contribution in [2.24, 2.45) is 17.8 Å². The molecule has 22 heavy (non-hydrogen) atoms. The predicted molar refractivity (Wildman–Crippen MR) is 90.8 cm³/mol. The number of carbonyl (C=O) groups is 1. The van der Waals surface area contributed by atoms with Crippen LogP contribution in [0.15, 0.2) is 35.2 Å². The van der Waals surface area contributed by atoms with Crippen molar-refractivity contribution in [2.75, 3.05) is 0 Å². The smallest absolute Gasteiger partial charge is 0.233 e. The zero-order valence-electron chi connectivity index (χ0n) is 13.3. The van der Waals surface area contributed by atoms with Crippen LogP contribution in [0.3, 0.4) is 0 Å². The Morgan fingerprint density at radius 1 is 1.09 bits per heavy atom. The molecule has 4 saturated carbocycles. The molecule has 0 radical (unpaired) electrons. The van der Waals surface area contributed by atoms with Crippen molar-refractivity contribution in [3.8, 4) is 0 Å². The lowest BCUT2D eigenvalue weighted by Gasteiger charge is -2.57. The monoisotopic (exact) mass is 315 g/mol. The molecule has 3 heteroatoms. The van der Waals surface area contributed by atoms with Gasteiger partial charge in [-0.05, 0) is 75.3 Å². The largest absolute Gasteiger partial charge is 0.350 e. The molecule has 1 aromatic rings. The lowest BCUT2D eigenvalue weighted by atomic mass is 9.53. The second-order valence-corrected chi connectivity index (χ2v) is 9.17. The van der Waals surface area contributed by atoms with Gasteiger partial charge in [-0.3, -0.25) is 4.79 Å². The average Bonchev–Trinajstić information content (AvgIpc) is 2.46. The first-order chi connectivity index (χ1) is 10.6. The lowest BCUT2D eigenvalue weighted by molar-refractivity contribution is -0.126. The van der Waals surface area contributed by atoms with E-state index in [0.29, 0.717) is 0 Å². The van der Waals surface area contributed by atoms with Crippen molar-refractivity contribution in [1.82, 2.24) is 5.32 Å². The summed E-state index contributed by atoms with van der Waals surface area (Å²) in [6.45, 7) is 2.04. The van der Waals surface area contributed by atoms with Gasteiger partial charge in [0.2, 0.25) is 5.91 Å². The van der Waals surface area contributed by atoms with E-state index in [1.54, 1.807) is 11.8 Å². The quantitative estimate of drug-likeness (QED) is 0.842. The Hall–Kier alpha value is -0.960. The van der Waals surface area contributed by atoms with Crippen LogP contribution in [-0.2, 0) is 4.79 Å². The van der Waals surface area contributed by atoms with Gasteiger partial charge in [0.25, 0.3) is 0 Å². The summed E-state index contributed by atoms with van der Waals surface area (Å²) in [5, 5.41) is 3.47. The van der Waals surface area contributed by atoms with Crippen molar-refractivity contribution in [3.05, 3.63) is 30.3 Å². The summed E-state index contributed by atoms with van der Waals surface area (Å²) in [6, 6.07) is 10.3. The van der Waals surface area contributed by atoms with Gasteiger partial charge in [-0.1, -0.05) is 18.2 Å². The second-order valence-electron chi connectivity index (χ2n) is 7.76. The van der Waals surface area contributed by atoms with Gasteiger partial charge >= 0.3 is 0 Å². The summed E-state index contributed by atoms with van der Waals surface area (Å²) in [4.78, 5) is 13.9. The number of hydrogen-bond acceptors (Lipinski definition) is 2. The molecule has 0 saturated heterocycles. The van der Waals surface area contributed by atoms with Crippen molar-refractivity contribution in [3.63, 3.8) is 0 Å². The van der Waals surface area contributed by atoms with E-state index in [0.717, 1.165) is 17.8 Å². The Labute approximate surface area is 137 Å². The molecule has 1 unspecified atom stereocenters. The Bertz CT molecular complexity index is 521. The van der Waals surface area contributed by atoms with Crippen LogP contribution >= 0.6 is 11.8 Å². The summed E-state index contributed by atoms with van der Waals surface area (Å²) in [5.74, 6) is 2.87. The normalized spacial score (nSPS) is 37.0. The molecule has 1 amide bonds. The summed E-state index contributed by atoms with van der Waals surface area (Å²) in [5.41, 5.74) is 0.136. The first-order valence-corrected chi connectivity index (χ1v) is 9.54. The van der Waals surface area contributed by atoms with Crippen molar-refractivity contribution in [1.29, 1.82) is 0 Å². The number of carbonyl (C=O) groups excluding carboxylic acids is 1. The highest BCUT2D eigenvalue weighted by Gasteiger charge is 2.51. The Morgan fingerprint density at radius 2 is 1.64 bits per heavy atom. The van der Waals surface area contributed by atoms with Gasteiger partial charge in [0.15, 0.2) is 0 Å². The molecule has 4 bridgehead atoms. The first-order valence-electron chi connectivity index (χ1n) is 8.66. The van der Waals surface area contributed by atoms with Crippen molar-refractivity contribution >= 4 is 17.7 Å². The number of thioether (sulfide) groups is 1. The molecule has 0 aliphatic heterocycles. The molecule has 4 aliphatic carbocycles. The van der Waals surface area contributed by atoms with Crippen LogP contribution in [-0.4, -0.2) is 16.7 Å². The fourth-order valence-electron chi connectivity index (χ4n) is 5.38. The third-order valence-corrected chi connectivity index (χ3v) is 6.96. The molecule has 118 valence electrons. The maximum Gasteiger partial charge on any atom is 0.233 e. The number of benzene rings is 1. The minimum atomic E-state index is -0.0181. The molecular formula is C19H25NOS. The second kappa shape index (κ2) is 5.59. The Balaban J connectivity index is 1.41. The van der Waals surface area contributed by atoms with Crippen LogP contribution in [0.5, 0.6) is 0 Å². The van der Waals surface area contributed by atoms with Gasteiger partial charge < -0.3 is 5.32 Å². The van der Waals surface area contributed by atoms with Crippen LogP contribution in [0.25, 0.3) is 0 Å². The van der Waals surface area contributed by atoms with Crippen LogP contribution in [0.4, 0.5) is 0 Å². The van der Waals surface area contributed by atoms with Crippen molar-refractivity contribution < 1.29 is 4.79 Å². The zero-order chi connectivity index (χ0) is 15.2.